The van der Waals surface area contributed by atoms with E-state index < -0.39 is 6.67 Å². The van der Waals surface area contributed by atoms with Gasteiger partial charge in [-0.3, -0.25) is 0 Å². The van der Waals surface area contributed by atoms with Crippen molar-refractivity contribution >= 4 is 39.5 Å². The molecular formula is C16H16BrClFN5O2. The number of urea groups is 1. The minimum atomic E-state index is -0.626. The van der Waals surface area contributed by atoms with Gasteiger partial charge >= 0.3 is 6.03 Å². The van der Waals surface area contributed by atoms with Crippen LogP contribution in [0.2, 0.25) is 5.02 Å². The number of carbonyl (C=O) groups excluding carboxylic acids is 1. The molecule has 1 aliphatic heterocycles. The zero-order chi connectivity index (χ0) is 18.8. The predicted molar refractivity (Wildman–Crippen MR) is 99.8 cm³/mol. The fourth-order valence-electron chi connectivity index (χ4n) is 2.77. The van der Waals surface area contributed by atoms with Gasteiger partial charge in [0.25, 0.3) is 0 Å². The van der Waals surface area contributed by atoms with Crippen LogP contribution in [-0.2, 0) is 13.1 Å². The van der Waals surface area contributed by atoms with Crippen molar-refractivity contribution in [2.24, 2.45) is 0 Å². The van der Waals surface area contributed by atoms with Gasteiger partial charge in [-0.15, -0.1) is 0 Å². The van der Waals surface area contributed by atoms with E-state index in [4.69, 9.17) is 22.1 Å². The van der Waals surface area contributed by atoms with E-state index in [1.165, 1.54) is 4.90 Å². The standard InChI is InChI=1S/C16H16BrClFN5O2/c1-26-13-4-8(11(18)5-10(13)17)14-9-6-24(16(25)21-3-2-19)7-12(9)22-15(20)23-14/h4-5H,2-3,6-7H2,1H3,(H,21,25)(H2,20,22,23). The molecule has 10 heteroatoms. The van der Waals surface area contributed by atoms with Crippen LogP contribution in [0.25, 0.3) is 11.3 Å². The first kappa shape index (κ1) is 18.7. The number of carbonyl (C=O) groups is 1. The third-order valence-electron chi connectivity index (χ3n) is 3.95. The topological polar surface area (TPSA) is 93.4 Å². The Labute approximate surface area is 162 Å². The lowest BCUT2D eigenvalue weighted by atomic mass is 10.1. The lowest BCUT2D eigenvalue weighted by Gasteiger charge is -2.15. The number of anilines is 1. The number of hydrogen-bond donors (Lipinski definition) is 2. The second-order valence-corrected chi connectivity index (χ2v) is 6.86. The Morgan fingerprint density at radius 2 is 2.23 bits per heavy atom. The maximum absolute atomic E-state index is 12.3. The lowest BCUT2D eigenvalue weighted by Crippen LogP contribution is -2.37. The Balaban J connectivity index is 2.02. The summed E-state index contributed by atoms with van der Waals surface area (Å²) in [5.74, 6) is 0.675. The van der Waals surface area contributed by atoms with Crippen molar-refractivity contribution in [1.82, 2.24) is 20.2 Å². The van der Waals surface area contributed by atoms with Crippen molar-refractivity contribution in [3.63, 3.8) is 0 Å². The molecule has 0 atom stereocenters. The highest BCUT2D eigenvalue weighted by atomic mass is 79.9. The highest BCUT2D eigenvalue weighted by Crippen LogP contribution is 2.39. The van der Waals surface area contributed by atoms with E-state index in [0.717, 1.165) is 5.56 Å². The number of methoxy groups -OCH3 is 1. The molecule has 3 N–H and O–H groups in total. The second kappa shape index (κ2) is 7.63. The summed E-state index contributed by atoms with van der Waals surface area (Å²) < 4.78 is 18.3. The monoisotopic (exact) mass is 443 g/mol. The fraction of sp³-hybridized carbons (Fsp3) is 0.312. The van der Waals surface area contributed by atoms with Crippen molar-refractivity contribution in [3.05, 3.63) is 32.9 Å². The van der Waals surface area contributed by atoms with Gasteiger partial charge in [-0.05, 0) is 28.1 Å². The molecule has 0 bridgehead atoms. The maximum atomic E-state index is 12.3. The van der Waals surface area contributed by atoms with Crippen LogP contribution in [-0.4, -0.2) is 41.2 Å². The SMILES string of the molecule is COc1cc(-c2nc(N)nc3c2CN(C(=O)NCCF)C3)c(Cl)cc1Br. The zero-order valence-corrected chi connectivity index (χ0v) is 16.2. The molecule has 0 saturated carbocycles. The maximum Gasteiger partial charge on any atom is 0.318 e. The predicted octanol–water partition coefficient (Wildman–Crippen LogP) is 3.15. The summed E-state index contributed by atoms with van der Waals surface area (Å²) >= 11 is 9.78. The van der Waals surface area contributed by atoms with Crippen LogP contribution in [0, 0.1) is 0 Å². The quantitative estimate of drug-likeness (QED) is 0.756. The van der Waals surface area contributed by atoms with Crippen molar-refractivity contribution in [3.8, 4) is 17.0 Å². The van der Waals surface area contributed by atoms with Gasteiger partial charge in [-0.2, -0.15) is 0 Å². The molecule has 0 spiro atoms. The van der Waals surface area contributed by atoms with Crippen LogP contribution in [0.4, 0.5) is 15.1 Å². The number of alkyl halides is 1. The van der Waals surface area contributed by atoms with E-state index in [2.05, 4.69) is 31.2 Å². The smallest absolute Gasteiger partial charge is 0.318 e. The molecule has 2 amide bonds. The molecule has 1 aromatic heterocycles. The first-order valence-electron chi connectivity index (χ1n) is 7.72. The molecule has 7 nitrogen and oxygen atoms in total. The lowest BCUT2D eigenvalue weighted by molar-refractivity contribution is 0.197. The number of halogens is 3. The van der Waals surface area contributed by atoms with Gasteiger partial charge in [0.05, 0.1) is 41.1 Å². The molecule has 0 radical (unpaired) electrons. The molecule has 26 heavy (non-hydrogen) atoms. The van der Waals surface area contributed by atoms with E-state index >= 15 is 0 Å². The van der Waals surface area contributed by atoms with Crippen molar-refractivity contribution in [2.75, 3.05) is 26.1 Å². The number of nitrogen functional groups attached to an aromatic ring is 1. The summed E-state index contributed by atoms with van der Waals surface area (Å²) in [7, 11) is 1.55. The molecule has 3 rings (SSSR count). The molecule has 2 heterocycles. The van der Waals surface area contributed by atoms with E-state index in [0.29, 0.717) is 32.2 Å². The third kappa shape index (κ3) is 3.54. The molecule has 138 valence electrons. The van der Waals surface area contributed by atoms with Gasteiger partial charge < -0.3 is 20.7 Å². The molecule has 0 unspecified atom stereocenters. The zero-order valence-electron chi connectivity index (χ0n) is 13.9. The average Bonchev–Trinajstić information content (AvgIpc) is 3.03. The molecule has 0 fully saturated rings. The highest BCUT2D eigenvalue weighted by molar-refractivity contribution is 9.10. The molecule has 0 saturated heterocycles. The summed E-state index contributed by atoms with van der Waals surface area (Å²) in [5, 5.41) is 2.96. The number of nitrogens with two attached hydrogens (primary N) is 1. The van der Waals surface area contributed by atoms with Crippen molar-refractivity contribution in [2.45, 2.75) is 13.1 Å². The number of nitrogens with one attached hydrogen (secondary N) is 1. The summed E-state index contributed by atoms with van der Waals surface area (Å²) in [6.45, 7) is -0.128. The van der Waals surface area contributed by atoms with Gasteiger partial charge in [0.2, 0.25) is 5.95 Å². The number of aromatic nitrogens is 2. The summed E-state index contributed by atoms with van der Waals surface area (Å²) in [6.07, 6.45) is 0. The molecular weight excluding hydrogens is 429 g/mol. The second-order valence-electron chi connectivity index (χ2n) is 5.60. The van der Waals surface area contributed by atoms with Gasteiger partial charge in [0.1, 0.15) is 12.4 Å². The molecule has 1 aliphatic rings. The normalized spacial score (nSPS) is 12.8. The van der Waals surface area contributed by atoms with E-state index in [1.807, 2.05) is 0 Å². The number of rotatable bonds is 4. The summed E-state index contributed by atoms with van der Waals surface area (Å²) in [6, 6.07) is 3.09. The van der Waals surface area contributed by atoms with Gasteiger partial charge in [-0.25, -0.2) is 19.2 Å². The highest BCUT2D eigenvalue weighted by Gasteiger charge is 2.29. The minimum Gasteiger partial charge on any atom is -0.496 e. The third-order valence-corrected chi connectivity index (χ3v) is 4.89. The summed E-state index contributed by atoms with van der Waals surface area (Å²) in [4.78, 5) is 22.2. The Morgan fingerprint density at radius 1 is 1.46 bits per heavy atom. The fourth-order valence-corrected chi connectivity index (χ4v) is 3.66. The van der Waals surface area contributed by atoms with E-state index in [-0.39, 0.29) is 31.6 Å². The Hall–Kier alpha value is -2.13. The number of fused-ring (bicyclic) bond motifs is 1. The number of amides is 2. The molecule has 0 aliphatic carbocycles. The van der Waals surface area contributed by atoms with Crippen molar-refractivity contribution < 1.29 is 13.9 Å². The van der Waals surface area contributed by atoms with Gasteiger partial charge in [-0.1, -0.05) is 11.6 Å². The molecule has 1 aromatic carbocycles. The Kier molecular flexibility index (Phi) is 5.47. The number of nitrogens with zero attached hydrogens (tertiary/aromatic N) is 3. The van der Waals surface area contributed by atoms with Crippen molar-refractivity contribution in [1.29, 1.82) is 0 Å². The average molecular weight is 445 g/mol. The molecule has 2 aromatic rings. The van der Waals surface area contributed by atoms with Crippen LogP contribution in [0.5, 0.6) is 5.75 Å². The first-order chi connectivity index (χ1) is 12.4. The summed E-state index contributed by atoms with van der Waals surface area (Å²) in [5.41, 5.74) is 8.41. The van der Waals surface area contributed by atoms with Crippen LogP contribution in [0.1, 0.15) is 11.3 Å². The van der Waals surface area contributed by atoms with Gasteiger partial charge in [0, 0.05) is 17.7 Å². The first-order valence-corrected chi connectivity index (χ1v) is 8.89. The van der Waals surface area contributed by atoms with Gasteiger partial charge in [0.15, 0.2) is 0 Å². The minimum absolute atomic E-state index is 0.0396. The van der Waals surface area contributed by atoms with E-state index in [9.17, 15) is 9.18 Å². The Bertz CT molecular complexity index is 867. The largest absolute Gasteiger partial charge is 0.496 e. The van der Waals surface area contributed by atoms with Crippen LogP contribution in [0.3, 0.4) is 0 Å². The van der Waals surface area contributed by atoms with Crippen LogP contribution in [0.15, 0.2) is 16.6 Å². The number of ether oxygens (including phenoxy) is 1. The van der Waals surface area contributed by atoms with E-state index in [1.54, 1.807) is 19.2 Å². The van der Waals surface area contributed by atoms with Crippen LogP contribution < -0.4 is 15.8 Å². The van der Waals surface area contributed by atoms with Crippen LogP contribution >= 0.6 is 27.5 Å². The number of hydrogen-bond acceptors (Lipinski definition) is 5. The Morgan fingerprint density at radius 3 is 2.92 bits per heavy atom. The number of benzene rings is 1.